The van der Waals surface area contributed by atoms with E-state index < -0.39 is 0 Å². The van der Waals surface area contributed by atoms with Crippen molar-refractivity contribution in [3.05, 3.63) is 47.3 Å². The molecular weight excluding hydrogens is 442 g/mol. The van der Waals surface area contributed by atoms with Crippen LogP contribution in [0.2, 0.25) is 0 Å². The van der Waals surface area contributed by atoms with Crippen LogP contribution in [0.5, 0.6) is 11.5 Å². The first kappa shape index (κ1) is 23.6. The molecule has 0 N–H and O–H groups in total. The minimum Gasteiger partial charge on any atom is -0.497 e. The second-order valence-corrected chi connectivity index (χ2v) is 9.52. The molecule has 1 aliphatic carbocycles. The summed E-state index contributed by atoms with van der Waals surface area (Å²) in [7, 11) is 3.25. The van der Waals surface area contributed by atoms with Crippen LogP contribution in [-0.2, 0) is 17.6 Å². The Hall–Kier alpha value is -3.13. The monoisotopic (exact) mass is 477 g/mol. The number of carbonyl (C=O) groups is 1. The van der Waals surface area contributed by atoms with Gasteiger partial charge in [0.05, 0.1) is 19.9 Å². The molecule has 1 aromatic heterocycles. The zero-order valence-electron chi connectivity index (χ0n) is 20.8. The first-order chi connectivity index (χ1) is 17.1. The van der Waals surface area contributed by atoms with Crippen molar-refractivity contribution in [2.45, 2.75) is 38.1 Å². The predicted octanol–water partition coefficient (Wildman–Crippen LogP) is 2.81. The van der Waals surface area contributed by atoms with Crippen molar-refractivity contribution in [3.63, 3.8) is 0 Å². The Labute approximate surface area is 207 Å². The normalized spacial score (nSPS) is 19.3. The maximum Gasteiger partial charge on any atom is 0.246 e. The van der Waals surface area contributed by atoms with Crippen LogP contribution in [0.15, 0.2) is 30.5 Å². The summed E-state index contributed by atoms with van der Waals surface area (Å²) in [5.41, 5.74) is 3.03. The molecule has 0 atom stereocenters. The number of benzene rings is 1. The van der Waals surface area contributed by atoms with Gasteiger partial charge in [-0.2, -0.15) is 0 Å². The molecule has 186 valence electrons. The van der Waals surface area contributed by atoms with Crippen LogP contribution < -0.4 is 14.4 Å². The Balaban J connectivity index is 1.20. The lowest BCUT2D eigenvalue weighted by Crippen LogP contribution is -2.52. The highest BCUT2D eigenvalue weighted by atomic mass is 16.5. The largest absolute Gasteiger partial charge is 0.497 e. The van der Waals surface area contributed by atoms with Crippen LogP contribution in [-0.4, -0.2) is 85.2 Å². The van der Waals surface area contributed by atoms with Gasteiger partial charge in [-0.3, -0.25) is 9.69 Å². The van der Waals surface area contributed by atoms with Crippen molar-refractivity contribution in [3.8, 4) is 11.5 Å². The maximum atomic E-state index is 13.0. The van der Waals surface area contributed by atoms with Crippen molar-refractivity contribution < 1.29 is 14.3 Å². The van der Waals surface area contributed by atoms with Gasteiger partial charge in [0.2, 0.25) is 11.9 Å². The molecule has 1 saturated carbocycles. The number of carbonyl (C=O) groups excluding carboxylic acids is 1. The van der Waals surface area contributed by atoms with Gasteiger partial charge in [0.1, 0.15) is 11.5 Å². The molecule has 0 bridgehead atoms. The molecule has 2 aromatic rings. The Kier molecular flexibility index (Phi) is 7.18. The highest BCUT2D eigenvalue weighted by Gasteiger charge is 2.29. The fourth-order valence-corrected chi connectivity index (χ4v) is 5.11. The van der Waals surface area contributed by atoms with E-state index >= 15 is 0 Å². The Morgan fingerprint density at radius 1 is 1.03 bits per heavy atom. The van der Waals surface area contributed by atoms with Crippen LogP contribution in [0.25, 0.3) is 6.08 Å². The number of rotatable bonds is 6. The zero-order valence-corrected chi connectivity index (χ0v) is 20.8. The van der Waals surface area contributed by atoms with Crippen LogP contribution in [0.3, 0.4) is 0 Å². The van der Waals surface area contributed by atoms with E-state index in [2.05, 4.69) is 9.80 Å². The first-order valence-electron chi connectivity index (χ1n) is 12.7. The number of methoxy groups -OCH3 is 2. The summed E-state index contributed by atoms with van der Waals surface area (Å²) < 4.78 is 10.7. The van der Waals surface area contributed by atoms with E-state index in [-0.39, 0.29) is 5.91 Å². The number of piperazine rings is 1. The molecule has 0 radical (unpaired) electrons. The zero-order chi connectivity index (χ0) is 24.2. The van der Waals surface area contributed by atoms with Gasteiger partial charge in [-0.1, -0.05) is 6.42 Å². The van der Waals surface area contributed by atoms with Gasteiger partial charge < -0.3 is 19.3 Å². The molecule has 8 nitrogen and oxygen atoms in total. The quantitative estimate of drug-likeness (QED) is 0.593. The van der Waals surface area contributed by atoms with Gasteiger partial charge in [0.25, 0.3) is 0 Å². The van der Waals surface area contributed by atoms with E-state index in [1.165, 1.54) is 19.3 Å². The number of aromatic nitrogens is 2. The topological polar surface area (TPSA) is 71.0 Å². The Morgan fingerprint density at radius 2 is 1.83 bits per heavy atom. The lowest BCUT2D eigenvalue weighted by molar-refractivity contribution is -0.125. The smallest absolute Gasteiger partial charge is 0.246 e. The average molecular weight is 478 g/mol. The molecule has 3 aliphatic rings. The van der Waals surface area contributed by atoms with E-state index in [9.17, 15) is 4.79 Å². The van der Waals surface area contributed by atoms with E-state index in [4.69, 9.17) is 19.4 Å². The average Bonchev–Trinajstić information content (AvgIpc) is 3.09. The third-order valence-corrected chi connectivity index (χ3v) is 7.55. The third-order valence-electron chi connectivity index (χ3n) is 7.55. The number of hydrogen-bond donors (Lipinski definition) is 0. The molecule has 0 spiro atoms. The number of nitrogens with zero attached hydrogens (tertiary/aromatic N) is 5. The van der Waals surface area contributed by atoms with Gasteiger partial charge in [0.15, 0.2) is 0 Å². The Morgan fingerprint density at radius 3 is 2.54 bits per heavy atom. The third kappa shape index (κ3) is 5.27. The number of anilines is 1. The molecule has 0 unspecified atom stereocenters. The summed E-state index contributed by atoms with van der Waals surface area (Å²) in [6.07, 6.45) is 11.0. The summed E-state index contributed by atoms with van der Waals surface area (Å²) in [5.74, 6) is 2.25. The van der Waals surface area contributed by atoms with Crippen LogP contribution in [0.4, 0.5) is 5.95 Å². The number of hydrogen-bond acceptors (Lipinski definition) is 7. The fourth-order valence-electron chi connectivity index (χ4n) is 5.11. The van der Waals surface area contributed by atoms with Crippen molar-refractivity contribution in [2.24, 2.45) is 0 Å². The summed E-state index contributed by atoms with van der Waals surface area (Å²) in [6.45, 7) is 5.47. The van der Waals surface area contributed by atoms with E-state index in [1.807, 2.05) is 29.3 Å². The summed E-state index contributed by atoms with van der Waals surface area (Å²) >= 11 is 0. The van der Waals surface area contributed by atoms with Gasteiger partial charge >= 0.3 is 0 Å². The van der Waals surface area contributed by atoms with E-state index in [0.717, 1.165) is 73.6 Å². The van der Waals surface area contributed by atoms with Crippen LogP contribution >= 0.6 is 0 Å². The van der Waals surface area contributed by atoms with E-state index in [0.29, 0.717) is 18.8 Å². The number of amides is 1. The highest BCUT2D eigenvalue weighted by Crippen LogP contribution is 2.27. The molecule has 3 heterocycles. The minimum absolute atomic E-state index is 0.0111. The van der Waals surface area contributed by atoms with Crippen molar-refractivity contribution in [1.82, 2.24) is 19.8 Å². The Bertz CT molecular complexity index is 1080. The second kappa shape index (κ2) is 10.6. The lowest BCUT2D eigenvalue weighted by Gasteiger charge is -2.43. The van der Waals surface area contributed by atoms with Crippen molar-refractivity contribution >= 4 is 17.9 Å². The molecule has 35 heavy (non-hydrogen) atoms. The van der Waals surface area contributed by atoms with Gasteiger partial charge in [-0.15, -0.1) is 0 Å². The molecule has 5 rings (SSSR count). The summed E-state index contributed by atoms with van der Waals surface area (Å²) in [6, 6.07) is 6.35. The van der Waals surface area contributed by atoms with Gasteiger partial charge in [-0.25, -0.2) is 9.97 Å². The number of ether oxygens (including phenoxy) is 2. The molecule has 2 fully saturated rings. The standard InChI is InChI=1S/C27H35N5O3/c1-34-23-7-8-25(35-2)20(18-23)6-9-26(33)31-12-10-21-19-28-27(29-24(21)11-13-31)32-16-14-30(15-17-32)22-4-3-5-22/h6-9,18-19,22H,3-5,10-17H2,1-2H3/b9-6+. The van der Waals surface area contributed by atoms with Crippen molar-refractivity contribution in [1.29, 1.82) is 0 Å². The number of fused-ring (bicyclic) bond motifs is 1. The molecule has 2 aliphatic heterocycles. The molecular formula is C27H35N5O3. The minimum atomic E-state index is -0.0111. The predicted molar refractivity (Wildman–Crippen MR) is 136 cm³/mol. The summed E-state index contributed by atoms with van der Waals surface area (Å²) in [4.78, 5) is 29.4. The molecule has 1 amide bonds. The van der Waals surface area contributed by atoms with Gasteiger partial charge in [0, 0.05) is 69.6 Å². The highest BCUT2D eigenvalue weighted by molar-refractivity contribution is 5.92. The molecule has 1 aromatic carbocycles. The van der Waals surface area contributed by atoms with Crippen LogP contribution in [0.1, 0.15) is 36.1 Å². The second-order valence-electron chi connectivity index (χ2n) is 9.52. The lowest BCUT2D eigenvalue weighted by atomic mass is 9.91. The molecule has 8 heteroatoms. The van der Waals surface area contributed by atoms with Gasteiger partial charge in [-0.05, 0) is 49.1 Å². The van der Waals surface area contributed by atoms with Crippen molar-refractivity contribution in [2.75, 3.05) is 58.4 Å². The van der Waals surface area contributed by atoms with Crippen LogP contribution in [0, 0.1) is 0 Å². The molecule has 1 saturated heterocycles. The first-order valence-corrected chi connectivity index (χ1v) is 12.7. The SMILES string of the molecule is COc1ccc(OC)c(/C=C/C(=O)N2CCc3cnc(N4CCN(C5CCC5)CC4)nc3CC2)c1. The summed E-state index contributed by atoms with van der Waals surface area (Å²) in [5, 5.41) is 0. The fraction of sp³-hybridized carbons (Fsp3) is 0.519. The maximum absolute atomic E-state index is 13.0. The van der Waals surface area contributed by atoms with E-state index in [1.54, 1.807) is 26.4 Å².